The zero-order valence-corrected chi connectivity index (χ0v) is 12.1. The highest BCUT2D eigenvalue weighted by atomic mass is 35.5. The lowest BCUT2D eigenvalue weighted by molar-refractivity contribution is -0.131. The second kappa shape index (κ2) is 6.40. The molecule has 2 rings (SSSR count). The van der Waals surface area contributed by atoms with Crippen molar-refractivity contribution < 1.29 is 4.79 Å². The number of hydrogen-bond acceptors (Lipinski definition) is 2. The summed E-state index contributed by atoms with van der Waals surface area (Å²) in [7, 11) is 0. The minimum absolute atomic E-state index is 0.177. The Kier molecular flexibility index (Phi) is 4.83. The Labute approximate surface area is 119 Å². The summed E-state index contributed by atoms with van der Waals surface area (Å²) in [5, 5.41) is 7.08. The van der Waals surface area contributed by atoms with Crippen molar-refractivity contribution in [2.75, 3.05) is 19.6 Å². The summed E-state index contributed by atoms with van der Waals surface area (Å²) in [6.45, 7) is 4.58. The molecule has 0 aliphatic carbocycles. The molecule has 2 N–H and O–H groups in total. The lowest BCUT2D eigenvalue weighted by atomic mass is 9.80. The molecule has 1 amide bonds. The van der Waals surface area contributed by atoms with Gasteiger partial charge in [-0.15, -0.1) is 0 Å². The van der Waals surface area contributed by atoms with Gasteiger partial charge in [-0.2, -0.15) is 0 Å². The molecular weight excluding hydrogens is 260 g/mol. The zero-order chi connectivity index (χ0) is 13.7. The first-order chi connectivity index (χ1) is 9.10. The van der Waals surface area contributed by atoms with E-state index in [1.165, 1.54) is 0 Å². The number of carbonyl (C=O) groups is 1. The minimum atomic E-state index is -0.209. The molecule has 1 aliphatic heterocycles. The first-order valence-corrected chi connectivity index (χ1v) is 7.21. The predicted octanol–water partition coefficient (Wildman–Crippen LogP) is 2.39. The van der Waals surface area contributed by atoms with Gasteiger partial charge in [-0.25, -0.2) is 0 Å². The number of rotatable bonds is 4. The standard InChI is InChI=1S/C15H21ClN2O/c1-15(6-9-17-10-7-15)14(19)18-8-5-12-3-2-4-13(16)11-12/h2-4,11,17H,5-10H2,1H3,(H,18,19). The predicted molar refractivity (Wildman–Crippen MR) is 78.4 cm³/mol. The van der Waals surface area contributed by atoms with Crippen LogP contribution >= 0.6 is 11.6 Å². The van der Waals surface area contributed by atoms with Gasteiger partial charge >= 0.3 is 0 Å². The van der Waals surface area contributed by atoms with Gasteiger partial charge in [0.05, 0.1) is 0 Å². The van der Waals surface area contributed by atoms with Crippen LogP contribution in [0.4, 0.5) is 0 Å². The number of halogens is 1. The maximum absolute atomic E-state index is 12.2. The number of hydrogen-bond donors (Lipinski definition) is 2. The third-order valence-corrected chi connectivity index (χ3v) is 4.08. The lowest BCUT2D eigenvalue weighted by Crippen LogP contribution is -2.46. The van der Waals surface area contributed by atoms with Crippen molar-refractivity contribution in [3.8, 4) is 0 Å². The van der Waals surface area contributed by atoms with E-state index >= 15 is 0 Å². The third kappa shape index (κ3) is 3.95. The highest BCUT2D eigenvalue weighted by molar-refractivity contribution is 6.30. The molecule has 4 heteroatoms. The Balaban J connectivity index is 1.80. The van der Waals surface area contributed by atoms with Gasteiger partial charge in [0.15, 0.2) is 0 Å². The van der Waals surface area contributed by atoms with Gasteiger partial charge in [0.1, 0.15) is 0 Å². The molecule has 1 fully saturated rings. The number of piperidine rings is 1. The SMILES string of the molecule is CC1(C(=O)NCCc2cccc(Cl)c2)CCNCC1. The molecule has 0 aromatic heterocycles. The molecular formula is C15H21ClN2O. The lowest BCUT2D eigenvalue weighted by Gasteiger charge is -2.32. The van der Waals surface area contributed by atoms with E-state index in [4.69, 9.17) is 11.6 Å². The summed E-state index contributed by atoms with van der Waals surface area (Å²) in [5.74, 6) is 0.177. The van der Waals surface area contributed by atoms with E-state index in [0.717, 1.165) is 42.9 Å². The first-order valence-electron chi connectivity index (χ1n) is 6.84. The van der Waals surface area contributed by atoms with Gasteiger partial charge in [0.2, 0.25) is 5.91 Å². The van der Waals surface area contributed by atoms with Crippen LogP contribution in [-0.2, 0) is 11.2 Å². The van der Waals surface area contributed by atoms with Crippen LogP contribution in [0.5, 0.6) is 0 Å². The van der Waals surface area contributed by atoms with Crippen molar-refractivity contribution in [1.29, 1.82) is 0 Å². The van der Waals surface area contributed by atoms with Crippen LogP contribution in [0, 0.1) is 5.41 Å². The van der Waals surface area contributed by atoms with Gasteiger partial charge in [-0.1, -0.05) is 30.7 Å². The van der Waals surface area contributed by atoms with Gasteiger partial charge in [-0.05, 0) is 50.0 Å². The fourth-order valence-corrected chi connectivity index (χ4v) is 2.64. The van der Waals surface area contributed by atoms with Crippen LogP contribution in [0.1, 0.15) is 25.3 Å². The van der Waals surface area contributed by atoms with Crippen LogP contribution in [-0.4, -0.2) is 25.5 Å². The molecule has 19 heavy (non-hydrogen) atoms. The molecule has 1 aromatic carbocycles. The molecule has 3 nitrogen and oxygen atoms in total. The fraction of sp³-hybridized carbons (Fsp3) is 0.533. The Morgan fingerprint density at radius 3 is 2.84 bits per heavy atom. The molecule has 0 atom stereocenters. The van der Waals surface area contributed by atoms with Crippen molar-refractivity contribution >= 4 is 17.5 Å². The zero-order valence-electron chi connectivity index (χ0n) is 11.3. The van der Waals surface area contributed by atoms with Gasteiger partial charge < -0.3 is 10.6 Å². The molecule has 1 heterocycles. The maximum Gasteiger partial charge on any atom is 0.226 e. The molecule has 0 unspecified atom stereocenters. The second-order valence-electron chi connectivity index (χ2n) is 5.45. The van der Waals surface area contributed by atoms with E-state index in [-0.39, 0.29) is 11.3 Å². The van der Waals surface area contributed by atoms with Crippen molar-refractivity contribution in [1.82, 2.24) is 10.6 Å². The monoisotopic (exact) mass is 280 g/mol. The Hall–Kier alpha value is -1.06. The average molecular weight is 281 g/mol. The van der Waals surface area contributed by atoms with Gasteiger partial charge in [-0.3, -0.25) is 4.79 Å². The minimum Gasteiger partial charge on any atom is -0.355 e. The van der Waals surface area contributed by atoms with E-state index in [1.807, 2.05) is 24.3 Å². The molecule has 1 aromatic rings. The Bertz CT molecular complexity index is 442. The number of amides is 1. The molecule has 0 spiro atoms. The number of benzene rings is 1. The summed E-state index contributed by atoms with van der Waals surface area (Å²) in [4.78, 5) is 12.2. The normalized spacial score (nSPS) is 18.0. The summed E-state index contributed by atoms with van der Waals surface area (Å²) in [6, 6.07) is 7.78. The summed E-state index contributed by atoms with van der Waals surface area (Å²) in [5.41, 5.74) is 0.947. The van der Waals surface area contributed by atoms with E-state index in [9.17, 15) is 4.79 Å². The van der Waals surface area contributed by atoms with Crippen LogP contribution in [0.3, 0.4) is 0 Å². The third-order valence-electron chi connectivity index (χ3n) is 3.84. The largest absolute Gasteiger partial charge is 0.355 e. The number of carbonyl (C=O) groups excluding carboxylic acids is 1. The first kappa shape index (κ1) is 14.4. The van der Waals surface area contributed by atoms with Crippen LogP contribution < -0.4 is 10.6 Å². The average Bonchev–Trinajstić information content (AvgIpc) is 2.39. The number of nitrogens with one attached hydrogen (secondary N) is 2. The van der Waals surface area contributed by atoms with Crippen molar-refractivity contribution in [2.24, 2.45) is 5.41 Å². The summed E-state index contributed by atoms with van der Waals surface area (Å²) >= 11 is 5.94. The topological polar surface area (TPSA) is 41.1 Å². The van der Waals surface area contributed by atoms with E-state index in [2.05, 4.69) is 17.6 Å². The highest BCUT2D eigenvalue weighted by Crippen LogP contribution is 2.27. The van der Waals surface area contributed by atoms with Crippen molar-refractivity contribution in [2.45, 2.75) is 26.2 Å². The van der Waals surface area contributed by atoms with Crippen molar-refractivity contribution in [3.05, 3.63) is 34.9 Å². The molecule has 1 aliphatic rings. The Morgan fingerprint density at radius 1 is 1.42 bits per heavy atom. The van der Waals surface area contributed by atoms with Crippen LogP contribution in [0.2, 0.25) is 5.02 Å². The quantitative estimate of drug-likeness (QED) is 0.889. The summed E-state index contributed by atoms with van der Waals surface area (Å²) in [6.07, 6.45) is 2.65. The van der Waals surface area contributed by atoms with Gasteiger partial charge in [0.25, 0.3) is 0 Å². The van der Waals surface area contributed by atoms with E-state index in [1.54, 1.807) is 0 Å². The molecule has 1 saturated heterocycles. The maximum atomic E-state index is 12.2. The molecule has 0 radical (unpaired) electrons. The van der Waals surface area contributed by atoms with Gasteiger partial charge in [0, 0.05) is 17.0 Å². The van der Waals surface area contributed by atoms with E-state index < -0.39 is 0 Å². The second-order valence-corrected chi connectivity index (χ2v) is 5.88. The smallest absolute Gasteiger partial charge is 0.226 e. The van der Waals surface area contributed by atoms with E-state index in [0.29, 0.717) is 6.54 Å². The molecule has 0 saturated carbocycles. The molecule has 0 bridgehead atoms. The van der Waals surface area contributed by atoms with Crippen molar-refractivity contribution in [3.63, 3.8) is 0 Å². The van der Waals surface area contributed by atoms with Crippen LogP contribution in [0.25, 0.3) is 0 Å². The van der Waals surface area contributed by atoms with Crippen LogP contribution in [0.15, 0.2) is 24.3 Å². The molecule has 104 valence electrons. The highest BCUT2D eigenvalue weighted by Gasteiger charge is 2.33. The Morgan fingerprint density at radius 2 is 2.16 bits per heavy atom. The summed E-state index contributed by atoms with van der Waals surface area (Å²) < 4.78 is 0. The fourth-order valence-electron chi connectivity index (χ4n) is 2.43.